The third kappa shape index (κ3) is 7.64. The number of rotatable bonds is 12. The maximum absolute atomic E-state index is 14.7. The van der Waals surface area contributed by atoms with Crippen molar-refractivity contribution in [1.29, 1.82) is 0 Å². The Morgan fingerprint density at radius 2 is 1.53 bits per heavy atom. The van der Waals surface area contributed by atoms with Gasteiger partial charge in [-0.05, 0) is 42.7 Å². The summed E-state index contributed by atoms with van der Waals surface area (Å²) in [6.45, 7) is 3.36. The lowest BCUT2D eigenvalue weighted by Crippen LogP contribution is -2.53. The Morgan fingerprint density at radius 1 is 0.895 bits per heavy atom. The van der Waals surface area contributed by atoms with E-state index >= 15 is 0 Å². The number of nitrogens with one attached hydrogen (secondary N) is 1. The number of amides is 2. The van der Waals surface area contributed by atoms with Gasteiger partial charge in [0.15, 0.2) is 0 Å². The van der Waals surface area contributed by atoms with E-state index in [0.29, 0.717) is 12.2 Å². The molecule has 0 aromatic heterocycles. The Kier molecular flexibility index (Phi) is 10.0. The number of sulfonamides is 1. The van der Waals surface area contributed by atoms with Gasteiger partial charge in [0, 0.05) is 25.1 Å². The van der Waals surface area contributed by atoms with E-state index in [-0.39, 0.29) is 18.5 Å². The molecule has 1 atom stereocenters. The molecule has 0 spiro atoms. The summed E-state index contributed by atoms with van der Waals surface area (Å²) < 4.78 is 41.3. The van der Waals surface area contributed by atoms with Crippen molar-refractivity contribution in [3.63, 3.8) is 0 Å². The fraction of sp³-hybridized carbons (Fsp3) is 0.310. The maximum Gasteiger partial charge on any atom is 0.244 e. The number of aryl methyl sites for hydroxylation is 1. The zero-order valence-electron chi connectivity index (χ0n) is 21.9. The lowest BCUT2D eigenvalue weighted by molar-refractivity contribution is -0.140. The van der Waals surface area contributed by atoms with E-state index in [9.17, 15) is 22.4 Å². The first-order chi connectivity index (χ1) is 18.1. The summed E-state index contributed by atoms with van der Waals surface area (Å²) >= 11 is 0. The summed E-state index contributed by atoms with van der Waals surface area (Å²) in [4.78, 5) is 28.4. The van der Waals surface area contributed by atoms with E-state index in [1.807, 2.05) is 49.4 Å². The van der Waals surface area contributed by atoms with Crippen molar-refractivity contribution >= 4 is 27.5 Å². The number of benzene rings is 3. The van der Waals surface area contributed by atoms with Crippen molar-refractivity contribution in [3.05, 3.63) is 101 Å². The second-order valence-corrected chi connectivity index (χ2v) is 10.9. The summed E-state index contributed by atoms with van der Waals surface area (Å²) in [7, 11) is -3.85. The van der Waals surface area contributed by atoms with Crippen LogP contribution in [-0.4, -0.2) is 50.5 Å². The zero-order valence-corrected chi connectivity index (χ0v) is 22.7. The Labute approximate surface area is 224 Å². The van der Waals surface area contributed by atoms with E-state index < -0.39 is 40.2 Å². The minimum absolute atomic E-state index is 0.178. The van der Waals surface area contributed by atoms with Gasteiger partial charge in [0.05, 0.1) is 11.9 Å². The van der Waals surface area contributed by atoms with Gasteiger partial charge >= 0.3 is 0 Å². The fourth-order valence-corrected chi connectivity index (χ4v) is 5.02. The Hall–Kier alpha value is -3.72. The number of hydrogen-bond donors (Lipinski definition) is 1. The molecule has 9 heteroatoms. The molecule has 0 unspecified atom stereocenters. The molecule has 0 radical (unpaired) electrons. The van der Waals surface area contributed by atoms with E-state index in [0.717, 1.165) is 28.1 Å². The summed E-state index contributed by atoms with van der Waals surface area (Å²) in [6.07, 6.45) is 1.99. The number of halogens is 1. The van der Waals surface area contributed by atoms with Gasteiger partial charge in [-0.3, -0.25) is 13.9 Å². The van der Waals surface area contributed by atoms with Crippen LogP contribution in [0.15, 0.2) is 78.9 Å². The van der Waals surface area contributed by atoms with Crippen molar-refractivity contribution in [2.24, 2.45) is 0 Å². The number of likely N-dealkylation sites (N-methyl/N-ethyl adjacent to an activating group) is 1. The normalized spacial score (nSPS) is 12.0. The van der Waals surface area contributed by atoms with Crippen molar-refractivity contribution in [3.8, 4) is 0 Å². The quantitative estimate of drug-likeness (QED) is 0.378. The van der Waals surface area contributed by atoms with Gasteiger partial charge in [-0.2, -0.15) is 0 Å². The van der Waals surface area contributed by atoms with Crippen molar-refractivity contribution in [2.45, 2.75) is 39.3 Å². The minimum Gasteiger partial charge on any atom is -0.355 e. The van der Waals surface area contributed by atoms with Crippen LogP contribution in [0, 0.1) is 5.82 Å². The maximum atomic E-state index is 14.7. The summed E-state index contributed by atoms with van der Waals surface area (Å²) in [6, 6.07) is 21.2. The van der Waals surface area contributed by atoms with Gasteiger partial charge in [0.25, 0.3) is 0 Å². The average Bonchev–Trinajstić information content (AvgIpc) is 2.90. The third-order valence-corrected chi connectivity index (χ3v) is 7.37. The molecule has 1 N–H and O–H groups in total. The number of carbonyl (C=O) groups excluding carboxylic acids is 2. The standard InChI is InChI=1S/C29H34FN3O4S/c1-4-22-15-17-25(18-16-22)33(38(3,36)37)21-28(34)32(20-24-13-9-10-14-26(24)30)27(29(35)31-5-2)19-23-11-7-6-8-12-23/h6-18,27H,4-5,19-21H2,1-3H3,(H,31,35)/t27-/m1/s1. The van der Waals surface area contributed by atoms with Gasteiger partial charge in [0.1, 0.15) is 18.4 Å². The van der Waals surface area contributed by atoms with Crippen LogP contribution in [0.4, 0.5) is 10.1 Å². The molecular weight excluding hydrogens is 505 g/mol. The second-order valence-electron chi connectivity index (χ2n) is 9.00. The summed E-state index contributed by atoms with van der Waals surface area (Å²) in [5.74, 6) is -1.54. The zero-order chi connectivity index (χ0) is 27.7. The Bertz CT molecular complexity index is 1330. The highest BCUT2D eigenvalue weighted by Crippen LogP contribution is 2.21. The average molecular weight is 540 g/mol. The van der Waals surface area contributed by atoms with Crippen molar-refractivity contribution in [1.82, 2.24) is 10.2 Å². The predicted molar refractivity (Wildman–Crippen MR) is 148 cm³/mol. The van der Waals surface area contributed by atoms with Gasteiger partial charge in [0.2, 0.25) is 21.8 Å². The first-order valence-electron chi connectivity index (χ1n) is 12.5. The number of carbonyl (C=O) groups is 2. The molecule has 2 amide bonds. The first-order valence-corrected chi connectivity index (χ1v) is 14.4. The highest BCUT2D eigenvalue weighted by atomic mass is 32.2. The summed E-state index contributed by atoms with van der Waals surface area (Å²) in [5.41, 5.74) is 2.39. The highest BCUT2D eigenvalue weighted by molar-refractivity contribution is 7.92. The SMILES string of the molecule is CCNC(=O)[C@@H](Cc1ccccc1)N(Cc1ccccc1F)C(=O)CN(c1ccc(CC)cc1)S(C)(=O)=O. The minimum atomic E-state index is -3.85. The van der Waals surface area contributed by atoms with Crippen LogP contribution < -0.4 is 9.62 Å². The molecule has 3 aromatic carbocycles. The molecule has 0 aliphatic rings. The molecule has 3 rings (SSSR count). The molecule has 0 bridgehead atoms. The van der Waals surface area contributed by atoms with Crippen LogP contribution in [-0.2, 0) is 39.0 Å². The number of nitrogens with zero attached hydrogens (tertiary/aromatic N) is 2. The van der Waals surface area contributed by atoms with Crippen LogP contribution in [0.5, 0.6) is 0 Å². The lowest BCUT2D eigenvalue weighted by atomic mass is 10.0. The van der Waals surface area contributed by atoms with Gasteiger partial charge < -0.3 is 10.2 Å². The van der Waals surface area contributed by atoms with Crippen molar-refractivity contribution in [2.75, 3.05) is 23.7 Å². The van der Waals surface area contributed by atoms with E-state index in [4.69, 9.17) is 0 Å². The molecule has 7 nitrogen and oxygen atoms in total. The molecule has 3 aromatic rings. The first kappa shape index (κ1) is 28.8. The molecular formula is C29H34FN3O4S. The van der Waals surface area contributed by atoms with Gasteiger partial charge in [-0.15, -0.1) is 0 Å². The largest absolute Gasteiger partial charge is 0.355 e. The molecule has 202 valence electrons. The van der Waals surface area contributed by atoms with Crippen LogP contribution in [0.3, 0.4) is 0 Å². The molecule has 38 heavy (non-hydrogen) atoms. The second kappa shape index (κ2) is 13.2. The van der Waals surface area contributed by atoms with Crippen LogP contribution >= 0.6 is 0 Å². The van der Waals surface area contributed by atoms with Crippen LogP contribution in [0.2, 0.25) is 0 Å². The highest BCUT2D eigenvalue weighted by Gasteiger charge is 2.33. The lowest BCUT2D eigenvalue weighted by Gasteiger charge is -2.33. The summed E-state index contributed by atoms with van der Waals surface area (Å²) in [5, 5.41) is 2.77. The molecule has 0 saturated heterocycles. The van der Waals surface area contributed by atoms with Gasteiger partial charge in [-0.25, -0.2) is 12.8 Å². The van der Waals surface area contributed by atoms with E-state index in [1.54, 1.807) is 37.3 Å². The smallest absolute Gasteiger partial charge is 0.244 e. The molecule has 0 aliphatic carbocycles. The third-order valence-electron chi connectivity index (χ3n) is 6.23. The molecule has 0 heterocycles. The van der Waals surface area contributed by atoms with Crippen LogP contribution in [0.1, 0.15) is 30.5 Å². The van der Waals surface area contributed by atoms with Crippen LogP contribution in [0.25, 0.3) is 0 Å². The molecule has 0 aliphatic heterocycles. The number of hydrogen-bond acceptors (Lipinski definition) is 4. The Morgan fingerprint density at radius 3 is 2.11 bits per heavy atom. The fourth-order valence-electron chi connectivity index (χ4n) is 4.17. The topological polar surface area (TPSA) is 86.8 Å². The van der Waals surface area contributed by atoms with E-state index in [1.165, 1.54) is 11.0 Å². The molecule has 0 fully saturated rings. The number of anilines is 1. The Balaban J connectivity index is 2.03. The predicted octanol–water partition coefficient (Wildman–Crippen LogP) is 3.93. The van der Waals surface area contributed by atoms with E-state index in [2.05, 4.69) is 5.32 Å². The molecule has 0 saturated carbocycles. The van der Waals surface area contributed by atoms with Crippen molar-refractivity contribution < 1.29 is 22.4 Å². The monoisotopic (exact) mass is 539 g/mol. The van der Waals surface area contributed by atoms with Gasteiger partial charge in [-0.1, -0.05) is 67.6 Å².